The summed E-state index contributed by atoms with van der Waals surface area (Å²) in [6.07, 6.45) is 3.19. The topological polar surface area (TPSA) is 101 Å². The van der Waals surface area contributed by atoms with Gasteiger partial charge < -0.3 is 14.1 Å². The molecule has 138 valence electrons. The molecular weight excluding hydrogens is 352 g/mol. The van der Waals surface area contributed by atoms with E-state index in [0.29, 0.717) is 49.2 Å². The molecule has 1 aromatic heterocycles. The van der Waals surface area contributed by atoms with Crippen LogP contribution in [0.25, 0.3) is 6.08 Å². The largest absolute Gasteiger partial charge is 0.465 e. The summed E-state index contributed by atoms with van der Waals surface area (Å²) in [7, 11) is 0. The van der Waals surface area contributed by atoms with E-state index in [0.717, 1.165) is 0 Å². The number of hydrogen-bond acceptors (Lipinski definition) is 7. The highest BCUT2D eigenvalue weighted by molar-refractivity contribution is 6.32. The van der Waals surface area contributed by atoms with Crippen molar-refractivity contribution in [2.45, 2.75) is 0 Å². The van der Waals surface area contributed by atoms with Crippen LogP contribution >= 0.6 is 0 Å². The molecule has 9 nitrogen and oxygen atoms in total. The molecular formula is C18H16N4O5. The smallest absolute Gasteiger partial charge is 0.282 e. The molecule has 1 fully saturated rings. The Balaban J connectivity index is 1.71. The average Bonchev–Trinajstić information content (AvgIpc) is 3.32. The van der Waals surface area contributed by atoms with Crippen molar-refractivity contribution in [1.82, 2.24) is 4.90 Å². The normalized spacial score (nSPS) is 18.9. The maximum Gasteiger partial charge on any atom is 0.282 e. The molecule has 3 heterocycles. The molecule has 2 aliphatic heterocycles. The SMILES string of the molecule is O=C1/C(=C/c2ccco2)C(N2CCOCC2)=NN1c1ccc([N+](=O)[O-])cc1. The Labute approximate surface area is 154 Å². The summed E-state index contributed by atoms with van der Waals surface area (Å²) >= 11 is 0. The van der Waals surface area contributed by atoms with Crippen LogP contribution in [0.2, 0.25) is 0 Å². The number of hydrogen-bond donors (Lipinski definition) is 0. The van der Waals surface area contributed by atoms with E-state index in [1.807, 2.05) is 4.90 Å². The number of benzene rings is 1. The number of carbonyl (C=O) groups is 1. The van der Waals surface area contributed by atoms with Crippen LogP contribution in [0, 0.1) is 10.1 Å². The molecule has 1 saturated heterocycles. The van der Waals surface area contributed by atoms with Gasteiger partial charge in [0.1, 0.15) is 5.76 Å². The van der Waals surface area contributed by atoms with E-state index < -0.39 is 4.92 Å². The number of furan rings is 1. The molecule has 1 aromatic carbocycles. The van der Waals surface area contributed by atoms with Gasteiger partial charge in [-0.2, -0.15) is 5.01 Å². The third kappa shape index (κ3) is 3.32. The third-order valence-electron chi connectivity index (χ3n) is 4.30. The first-order chi connectivity index (χ1) is 13.1. The molecule has 0 atom stereocenters. The van der Waals surface area contributed by atoms with E-state index >= 15 is 0 Å². The zero-order valence-corrected chi connectivity index (χ0v) is 14.3. The molecule has 0 saturated carbocycles. The number of ether oxygens (including phenoxy) is 1. The Morgan fingerprint density at radius 3 is 2.52 bits per heavy atom. The number of amidine groups is 1. The van der Waals surface area contributed by atoms with Gasteiger partial charge >= 0.3 is 0 Å². The first-order valence-electron chi connectivity index (χ1n) is 8.39. The zero-order chi connectivity index (χ0) is 18.8. The molecule has 1 amide bonds. The standard InChI is InChI=1S/C18H16N4O5/c23-18-16(12-15-2-1-9-27-15)17(20-7-10-26-11-8-20)19-21(18)13-3-5-14(6-4-13)22(24)25/h1-6,9,12H,7-8,10-11H2/b16-12+. The fraction of sp³-hybridized carbons (Fsp3) is 0.222. The van der Waals surface area contributed by atoms with Gasteiger partial charge in [-0.15, -0.1) is 5.10 Å². The van der Waals surface area contributed by atoms with Gasteiger partial charge in [-0.25, -0.2) is 0 Å². The van der Waals surface area contributed by atoms with Crippen LogP contribution in [-0.4, -0.2) is 47.9 Å². The Morgan fingerprint density at radius 1 is 1.15 bits per heavy atom. The second kappa shape index (κ2) is 7.04. The van der Waals surface area contributed by atoms with Gasteiger partial charge in [0.15, 0.2) is 5.84 Å². The van der Waals surface area contributed by atoms with Gasteiger partial charge in [-0.05, 0) is 30.3 Å². The highest BCUT2D eigenvalue weighted by Crippen LogP contribution is 2.28. The van der Waals surface area contributed by atoms with Crippen molar-refractivity contribution in [3.05, 3.63) is 64.1 Å². The number of anilines is 1. The van der Waals surface area contributed by atoms with Crippen molar-refractivity contribution in [2.75, 3.05) is 31.3 Å². The van der Waals surface area contributed by atoms with Gasteiger partial charge in [0, 0.05) is 25.2 Å². The summed E-state index contributed by atoms with van der Waals surface area (Å²) in [5.74, 6) is 0.768. The molecule has 0 bridgehead atoms. The lowest BCUT2D eigenvalue weighted by Gasteiger charge is -2.28. The predicted molar refractivity (Wildman–Crippen MR) is 97.1 cm³/mol. The van der Waals surface area contributed by atoms with Crippen molar-refractivity contribution in [3.63, 3.8) is 0 Å². The first kappa shape index (κ1) is 17.0. The molecule has 0 aliphatic carbocycles. The maximum absolute atomic E-state index is 13.0. The molecule has 9 heteroatoms. The van der Waals surface area contributed by atoms with Gasteiger partial charge in [0.05, 0.1) is 35.7 Å². The van der Waals surface area contributed by atoms with Gasteiger partial charge in [0.2, 0.25) is 0 Å². The monoisotopic (exact) mass is 368 g/mol. The summed E-state index contributed by atoms with van der Waals surface area (Å²) < 4.78 is 10.7. The predicted octanol–water partition coefficient (Wildman–Crippen LogP) is 2.26. The second-order valence-electron chi connectivity index (χ2n) is 5.99. The summed E-state index contributed by atoms with van der Waals surface area (Å²) in [6.45, 7) is 2.35. The molecule has 27 heavy (non-hydrogen) atoms. The average molecular weight is 368 g/mol. The molecule has 4 rings (SSSR count). The number of carbonyl (C=O) groups excluding carboxylic acids is 1. The second-order valence-corrected chi connectivity index (χ2v) is 5.99. The third-order valence-corrected chi connectivity index (χ3v) is 4.30. The summed E-state index contributed by atoms with van der Waals surface area (Å²) in [4.78, 5) is 25.4. The van der Waals surface area contributed by atoms with Crippen LogP contribution in [0.3, 0.4) is 0 Å². The Bertz CT molecular complexity index is 912. The van der Waals surface area contributed by atoms with Crippen LogP contribution < -0.4 is 5.01 Å². The van der Waals surface area contributed by atoms with E-state index in [-0.39, 0.29) is 11.6 Å². The van der Waals surface area contributed by atoms with E-state index in [4.69, 9.17) is 9.15 Å². The molecule has 0 N–H and O–H groups in total. The summed E-state index contributed by atoms with van der Waals surface area (Å²) in [5, 5.41) is 16.6. The summed E-state index contributed by atoms with van der Waals surface area (Å²) in [6, 6.07) is 9.21. The van der Waals surface area contributed by atoms with E-state index in [9.17, 15) is 14.9 Å². The zero-order valence-electron chi connectivity index (χ0n) is 14.3. The van der Waals surface area contributed by atoms with Gasteiger partial charge in [-0.1, -0.05) is 0 Å². The highest BCUT2D eigenvalue weighted by Gasteiger charge is 2.35. The minimum atomic E-state index is -0.486. The lowest BCUT2D eigenvalue weighted by molar-refractivity contribution is -0.384. The Hall–Kier alpha value is -3.46. The lowest BCUT2D eigenvalue weighted by atomic mass is 10.1. The van der Waals surface area contributed by atoms with Crippen molar-refractivity contribution in [2.24, 2.45) is 5.10 Å². The fourth-order valence-corrected chi connectivity index (χ4v) is 2.94. The van der Waals surface area contributed by atoms with Crippen LogP contribution in [0.4, 0.5) is 11.4 Å². The van der Waals surface area contributed by atoms with E-state index in [1.165, 1.54) is 35.5 Å². The number of amides is 1. The van der Waals surface area contributed by atoms with Crippen molar-refractivity contribution in [1.29, 1.82) is 0 Å². The summed E-state index contributed by atoms with van der Waals surface area (Å²) in [5.41, 5.74) is 0.818. The Morgan fingerprint density at radius 2 is 1.89 bits per heavy atom. The molecule has 2 aliphatic rings. The van der Waals surface area contributed by atoms with Crippen molar-refractivity contribution in [3.8, 4) is 0 Å². The van der Waals surface area contributed by atoms with Gasteiger partial charge in [0.25, 0.3) is 11.6 Å². The quantitative estimate of drug-likeness (QED) is 0.468. The molecule has 0 radical (unpaired) electrons. The molecule has 0 spiro atoms. The number of non-ortho nitro benzene ring substituents is 1. The molecule has 2 aromatic rings. The van der Waals surface area contributed by atoms with Crippen LogP contribution in [0.1, 0.15) is 5.76 Å². The van der Waals surface area contributed by atoms with E-state index in [2.05, 4.69) is 5.10 Å². The van der Waals surface area contributed by atoms with E-state index in [1.54, 1.807) is 18.2 Å². The van der Waals surface area contributed by atoms with Crippen molar-refractivity contribution < 1.29 is 18.9 Å². The fourth-order valence-electron chi connectivity index (χ4n) is 2.94. The van der Waals surface area contributed by atoms with Crippen LogP contribution in [0.15, 0.2) is 57.8 Å². The first-order valence-corrected chi connectivity index (χ1v) is 8.39. The number of morpholine rings is 1. The highest BCUT2D eigenvalue weighted by atomic mass is 16.6. The van der Waals surface area contributed by atoms with Crippen LogP contribution in [0.5, 0.6) is 0 Å². The molecule has 0 unspecified atom stereocenters. The maximum atomic E-state index is 13.0. The van der Waals surface area contributed by atoms with Gasteiger partial charge in [-0.3, -0.25) is 14.9 Å². The van der Waals surface area contributed by atoms with Crippen molar-refractivity contribution >= 4 is 29.2 Å². The number of rotatable bonds is 3. The minimum Gasteiger partial charge on any atom is -0.465 e. The number of nitrogens with zero attached hydrogens (tertiary/aromatic N) is 4. The van der Waals surface area contributed by atoms with Crippen LogP contribution in [-0.2, 0) is 9.53 Å². The lowest BCUT2D eigenvalue weighted by Crippen LogP contribution is -2.41. The number of nitro groups is 1. The number of hydrazone groups is 1. The minimum absolute atomic E-state index is 0.0471. The Kier molecular flexibility index (Phi) is 4.43. The number of nitro benzene ring substituents is 1.